The smallest absolute Gasteiger partial charge is 0.290 e. The third kappa shape index (κ3) is 3.66. The summed E-state index contributed by atoms with van der Waals surface area (Å²) < 4.78 is 15.8. The third-order valence-electron chi connectivity index (χ3n) is 4.67. The Balaban J connectivity index is 2.05. The van der Waals surface area contributed by atoms with Crippen molar-refractivity contribution in [1.29, 1.82) is 0 Å². The summed E-state index contributed by atoms with van der Waals surface area (Å²) in [4.78, 5) is 27.3. The molecule has 0 saturated carbocycles. The van der Waals surface area contributed by atoms with Gasteiger partial charge < -0.3 is 23.9 Å². The maximum Gasteiger partial charge on any atom is 0.290 e. The molecule has 1 aliphatic rings. The Kier molecular flexibility index (Phi) is 5.84. The van der Waals surface area contributed by atoms with Crippen LogP contribution >= 0.6 is 0 Å². The van der Waals surface area contributed by atoms with Gasteiger partial charge in [-0.2, -0.15) is 0 Å². The number of ketones is 1. The van der Waals surface area contributed by atoms with Gasteiger partial charge in [0.15, 0.2) is 11.5 Å². The van der Waals surface area contributed by atoms with Gasteiger partial charge in [-0.25, -0.2) is 0 Å². The molecule has 1 aromatic heterocycles. The van der Waals surface area contributed by atoms with Crippen molar-refractivity contribution < 1.29 is 28.6 Å². The van der Waals surface area contributed by atoms with Crippen molar-refractivity contribution in [2.24, 2.45) is 0 Å². The van der Waals surface area contributed by atoms with Gasteiger partial charge in [0, 0.05) is 20.3 Å². The summed E-state index contributed by atoms with van der Waals surface area (Å²) in [5.74, 6) is -0.407. The molecule has 0 bridgehead atoms. The number of aryl methyl sites for hydroxylation is 1. The number of furan rings is 1. The van der Waals surface area contributed by atoms with E-state index in [9.17, 15) is 14.7 Å². The van der Waals surface area contributed by atoms with Gasteiger partial charge in [0.1, 0.15) is 11.5 Å². The van der Waals surface area contributed by atoms with E-state index < -0.39 is 23.5 Å². The molecule has 28 heavy (non-hydrogen) atoms. The molecular weight excluding hydrogens is 362 g/mol. The van der Waals surface area contributed by atoms with Crippen LogP contribution in [0.5, 0.6) is 5.75 Å². The highest BCUT2D eigenvalue weighted by Gasteiger charge is 2.44. The van der Waals surface area contributed by atoms with Gasteiger partial charge in [-0.1, -0.05) is 12.1 Å². The summed E-state index contributed by atoms with van der Waals surface area (Å²) in [5, 5.41) is 10.5. The largest absolute Gasteiger partial charge is 0.503 e. The first kappa shape index (κ1) is 19.7. The van der Waals surface area contributed by atoms with E-state index in [0.29, 0.717) is 36.6 Å². The number of aliphatic hydroxyl groups excluding tert-OH is 1. The maximum atomic E-state index is 13.1. The second kappa shape index (κ2) is 8.31. The zero-order chi connectivity index (χ0) is 20.3. The van der Waals surface area contributed by atoms with Gasteiger partial charge in [0.25, 0.3) is 5.91 Å². The number of carbonyl (C=O) groups is 2. The molecule has 0 radical (unpaired) electrons. The lowest BCUT2D eigenvalue weighted by atomic mass is 9.95. The Bertz CT molecular complexity index is 913. The molecule has 1 aromatic carbocycles. The quantitative estimate of drug-likeness (QED) is 0.554. The van der Waals surface area contributed by atoms with Crippen LogP contribution in [0.4, 0.5) is 0 Å². The molecule has 0 aliphatic carbocycles. The number of benzene rings is 1. The molecule has 7 heteroatoms. The fourth-order valence-corrected chi connectivity index (χ4v) is 3.34. The first-order valence-corrected chi connectivity index (χ1v) is 8.96. The zero-order valence-corrected chi connectivity index (χ0v) is 16.1. The van der Waals surface area contributed by atoms with Crippen molar-refractivity contribution in [3.63, 3.8) is 0 Å². The number of carbonyl (C=O) groups excluding carboxylic acids is 2. The summed E-state index contributed by atoms with van der Waals surface area (Å²) in [7, 11) is 3.12. The Labute approximate surface area is 163 Å². The molecule has 1 atom stereocenters. The van der Waals surface area contributed by atoms with E-state index >= 15 is 0 Å². The van der Waals surface area contributed by atoms with Crippen molar-refractivity contribution >= 4 is 11.7 Å². The van der Waals surface area contributed by atoms with Crippen molar-refractivity contribution in [2.75, 3.05) is 27.4 Å². The number of rotatable bonds is 8. The average Bonchev–Trinajstić information content (AvgIpc) is 3.24. The van der Waals surface area contributed by atoms with Crippen LogP contribution in [0.1, 0.15) is 34.3 Å². The summed E-state index contributed by atoms with van der Waals surface area (Å²) in [6.45, 7) is 2.50. The number of hydrogen-bond acceptors (Lipinski definition) is 6. The summed E-state index contributed by atoms with van der Waals surface area (Å²) in [5.41, 5.74) is 0.672. The van der Waals surface area contributed by atoms with Crippen LogP contribution in [-0.4, -0.2) is 49.1 Å². The molecule has 148 valence electrons. The monoisotopic (exact) mass is 385 g/mol. The maximum absolute atomic E-state index is 13.1. The van der Waals surface area contributed by atoms with Crippen molar-refractivity contribution in [1.82, 2.24) is 4.90 Å². The van der Waals surface area contributed by atoms with E-state index in [1.807, 2.05) is 0 Å². The summed E-state index contributed by atoms with van der Waals surface area (Å²) >= 11 is 0. The molecule has 0 spiro atoms. The van der Waals surface area contributed by atoms with E-state index in [4.69, 9.17) is 13.9 Å². The van der Waals surface area contributed by atoms with Crippen LogP contribution in [0.2, 0.25) is 0 Å². The highest BCUT2D eigenvalue weighted by molar-refractivity contribution is 6.15. The van der Waals surface area contributed by atoms with Gasteiger partial charge in [0.05, 0.1) is 18.7 Å². The van der Waals surface area contributed by atoms with Gasteiger partial charge >= 0.3 is 0 Å². The predicted molar refractivity (Wildman–Crippen MR) is 101 cm³/mol. The number of hydrogen-bond donors (Lipinski definition) is 1. The standard InChI is InChI=1S/C21H23NO6/c1-13-8-9-16(28-13)19(23)17-18(14-6-4-7-15(12-14)27-3)22(10-5-11-26-2)21(25)20(17)24/h4,6-9,12,18,24H,5,10-11H2,1-3H3/t18-/m0/s1. The van der Waals surface area contributed by atoms with E-state index in [0.717, 1.165) is 0 Å². The molecular formula is C21H23NO6. The van der Waals surface area contributed by atoms with Crippen LogP contribution in [0.15, 0.2) is 52.1 Å². The number of nitrogens with zero attached hydrogens (tertiary/aromatic N) is 1. The van der Waals surface area contributed by atoms with Crippen LogP contribution in [0.25, 0.3) is 0 Å². The number of amides is 1. The number of Topliss-reactive ketones (excluding diaryl/α,β-unsaturated/α-hetero) is 1. The molecule has 0 unspecified atom stereocenters. The van der Waals surface area contributed by atoms with Crippen LogP contribution < -0.4 is 4.74 Å². The van der Waals surface area contributed by atoms with Crippen LogP contribution in [-0.2, 0) is 9.53 Å². The normalized spacial score (nSPS) is 16.8. The second-order valence-corrected chi connectivity index (χ2v) is 6.53. The predicted octanol–water partition coefficient (Wildman–Crippen LogP) is 3.21. The zero-order valence-electron chi connectivity index (χ0n) is 16.1. The lowest BCUT2D eigenvalue weighted by molar-refractivity contribution is -0.129. The van der Waals surface area contributed by atoms with Crippen molar-refractivity contribution in [3.8, 4) is 5.75 Å². The minimum absolute atomic E-state index is 0.00465. The van der Waals surface area contributed by atoms with Gasteiger partial charge in [-0.05, 0) is 43.2 Å². The minimum atomic E-state index is -0.739. The SMILES string of the molecule is COCCCN1C(=O)C(O)=C(C(=O)c2ccc(C)o2)[C@@H]1c1cccc(OC)c1. The van der Waals surface area contributed by atoms with E-state index in [1.165, 1.54) is 4.90 Å². The number of aliphatic hydroxyl groups is 1. The van der Waals surface area contributed by atoms with E-state index in [-0.39, 0.29) is 11.3 Å². The number of methoxy groups -OCH3 is 2. The van der Waals surface area contributed by atoms with Crippen LogP contribution in [0.3, 0.4) is 0 Å². The molecule has 0 saturated heterocycles. The van der Waals surface area contributed by atoms with Gasteiger partial charge in [-0.15, -0.1) is 0 Å². The Hall–Kier alpha value is -3.06. The molecule has 7 nitrogen and oxygen atoms in total. The summed E-state index contributed by atoms with van der Waals surface area (Å²) in [6, 6.07) is 9.56. The topological polar surface area (TPSA) is 89.2 Å². The molecule has 1 amide bonds. The first-order valence-electron chi connectivity index (χ1n) is 8.96. The van der Waals surface area contributed by atoms with E-state index in [2.05, 4.69) is 0 Å². The third-order valence-corrected chi connectivity index (χ3v) is 4.67. The summed E-state index contributed by atoms with van der Waals surface area (Å²) in [6.07, 6.45) is 0.567. The molecule has 1 N–H and O–H groups in total. The fraction of sp³-hybridized carbons (Fsp3) is 0.333. The molecule has 2 heterocycles. The molecule has 0 fully saturated rings. The molecule has 3 rings (SSSR count). The lowest BCUT2D eigenvalue weighted by Gasteiger charge is -2.26. The minimum Gasteiger partial charge on any atom is -0.503 e. The fourth-order valence-electron chi connectivity index (χ4n) is 3.34. The molecule has 2 aromatic rings. The number of ether oxygens (including phenoxy) is 2. The lowest BCUT2D eigenvalue weighted by Crippen LogP contribution is -2.32. The van der Waals surface area contributed by atoms with Gasteiger partial charge in [-0.3, -0.25) is 9.59 Å². The molecule has 1 aliphatic heterocycles. The Morgan fingerprint density at radius 2 is 2.04 bits per heavy atom. The highest BCUT2D eigenvalue weighted by Crippen LogP contribution is 2.40. The Morgan fingerprint density at radius 1 is 1.25 bits per heavy atom. The van der Waals surface area contributed by atoms with Crippen molar-refractivity contribution in [3.05, 3.63) is 64.8 Å². The highest BCUT2D eigenvalue weighted by atomic mass is 16.5. The first-order chi connectivity index (χ1) is 13.5. The average molecular weight is 385 g/mol. The Morgan fingerprint density at radius 3 is 2.68 bits per heavy atom. The van der Waals surface area contributed by atoms with Crippen molar-refractivity contribution in [2.45, 2.75) is 19.4 Å². The van der Waals surface area contributed by atoms with Crippen LogP contribution in [0, 0.1) is 6.92 Å². The van der Waals surface area contributed by atoms with E-state index in [1.54, 1.807) is 57.5 Å². The van der Waals surface area contributed by atoms with Gasteiger partial charge in [0.2, 0.25) is 5.78 Å². The second-order valence-electron chi connectivity index (χ2n) is 6.53.